The Labute approximate surface area is 246 Å². The van der Waals surface area contributed by atoms with Crippen LogP contribution in [0.15, 0.2) is 54.6 Å². The molecular formula is C36H58NO3+. The Morgan fingerprint density at radius 1 is 0.725 bits per heavy atom. The Kier molecular flexibility index (Phi) is 17.4. The number of unbranched alkanes of at least 4 members (excludes halogenated alkanes) is 10. The molecule has 0 radical (unpaired) electrons. The first-order valence-corrected chi connectivity index (χ1v) is 16.2. The first-order chi connectivity index (χ1) is 19.4. The lowest BCUT2D eigenvalue weighted by molar-refractivity contribution is -0.903. The van der Waals surface area contributed by atoms with Gasteiger partial charge in [-0.3, -0.25) is 4.79 Å². The molecule has 0 spiro atoms. The summed E-state index contributed by atoms with van der Waals surface area (Å²) in [6, 6.07) is 18.9. The van der Waals surface area contributed by atoms with Crippen LogP contribution in [0.3, 0.4) is 0 Å². The summed E-state index contributed by atoms with van der Waals surface area (Å²) in [4.78, 5) is 12.6. The topological polar surface area (TPSA) is 35.5 Å². The fourth-order valence-electron chi connectivity index (χ4n) is 5.31. The van der Waals surface area contributed by atoms with Crippen molar-refractivity contribution in [2.75, 3.05) is 20.6 Å². The van der Waals surface area contributed by atoms with Crippen molar-refractivity contribution in [2.24, 2.45) is 0 Å². The van der Waals surface area contributed by atoms with Crippen LogP contribution in [-0.4, -0.2) is 37.4 Å². The molecule has 2 aromatic carbocycles. The maximum atomic E-state index is 12.6. The van der Waals surface area contributed by atoms with Crippen molar-refractivity contribution < 1.29 is 18.8 Å². The van der Waals surface area contributed by atoms with E-state index < -0.39 is 6.29 Å². The largest absolute Gasteiger partial charge is 0.455 e. The quantitative estimate of drug-likeness (QED) is 0.0596. The molecule has 4 heteroatoms. The van der Waals surface area contributed by atoms with E-state index in [1.54, 1.807) is 0 Å². The van der Waals surface area contributed by atoms with Crippen LogP contribution in [0, 0.1) is 0 Å². The van der Waals surface area contributed by atoms with Crippen molar-refractivity contribution in [1.82, 2.24) is 0 Å². The Morgan fingerprint density at radius 2 is 1.35 bits per heavy atom. The van der Waals surface area contributed by atoms with Crippen molar-refractivity contribution in [3.8, 4) is 5.75 Å². The van der Waals surface area contributed by atoms with E-state index in [4.69, 9.17) is 9.47 Å². The van der Waals surface area contributed by atoms with Crippen LogP contribution >= 0.6 is 0 Å². The van der Waals surface area contributed by atoms with Crippen molar-refractivity contribution >= 4 is 5.97 Å². The number of carbonyl (C=O) groups is 1. The van der Waals surface area contributed by atoms with Gasteiger partial charge in [-0.25, -0.2) is 0 Å². The minimum Gasteiger partial charge on any atom is -0.455 e. The third-order valence-electron chi connectivity index (χ3n) is 7.62. The van der Waals surface area contributed by atoms with Gasteiger partial charge >= 0.3 is 5.97 Å². The molecule has 0 aliphatic rings. The van der Waals surface area contributed by atoms with E-state index in [1.165, 1.54) is 81.8 Å². The lowest BCUT2D eigenvalue weighted by Crippen LogP contribution is -2.39. The molecule has 0 bridgehead atoms. The normalized spacial score (nSPS) is 12.3. The van der Waals surface area contributed by atoms with Crippen molar-refractivity contribution in [3.05, 3.63) is 65.7 Å². The average molecular weight is 553 g/mol. The van der Waals surface area contributed by atoms with Gasteiger partial charge in [0.25, 0.3) is 0 Å². The van der Waals surface area contributed by atoms with E-state index in [-0.39, 0.29) is 5.97 Å². The van der Waals surface area contributed by atoms with Gasteiger partial charge in [0.1, 0.15) is 12.3 Å². The molecule has 0 amide bonds. The third kappa shape index (κ3) is 16.1. The summed E-state index contributed by atoms with van der Waals surface area (Å²) in [5, 5.41) is 0. The summed E-state index contributed by atoms with van der Waals surface area (Å²) in [7, 11) is 4.43. The summed E-state index contributed by atoms with van der Waals surface area (Å²) >= 11 is 0. The molecule has 0 heterocycles. The Bertz CT molecular complexity index is 911. The number of esters is 1. The first-order valence-electron chi connectivity index (χ1n) is 16.2. The highest BCUT2D eigenvalue weighted by Gasteiger charge is 2.19. The van der Waals surface area contributed by atoms with Crippen molar-refractivity contribution in [1.29, 1.82) is 0 Å². The molecule has 0 N–H and O–H groups in total. The molecule has 224 valence electrons. The van der Waals surface area contributed by atoms with Gasteiger partial charge in [-0.2, -0.15) is 0 Å². The summed E-state index contributed by atoms with van der Waals surface area (Å²) in [5.41, 5.74) is 2.62. The second-order valence-electron chi connectivity index (χ2n) is 12.2. The number of rotatable bonds is 23. The van der Waals surface area contributed by atoms with Crippen molar-refractivity contribution in [3.63, 3.8) is 0 Å². The number of carbonyl (C=O) groups excluding carboxylic acids is 1. The minimum absolute atomic E-state index is 0.171. The van der Waals surface area contributed by atoms with Gasteiger partial charge < -0.3 is 14.0 Å². The number of benzene rings is 2. The second-order valence-corrected chi connectivity index (χ2v) is 12.2. The summed E-state index contributed by atoms with van der Waals surface area (Å²) in [5.74, 6) is 0.628. The monoisotopic (exact) mass is 552 g/mol. The zero-order chi connectivity index (χ0) is 28.9. The highest BCUT2D eigenvalue weighted by atomic mass is 16.7. The Hall–Kier alpha value is -2.33. The van der Waals surface area contributed by atoms with Gasteiger partial charge in [0.05, 0.1) is 27.1 Å². The Morgan fingerprint density at radius 3 is 2.00 bits per heavy atom. The third-order valence-corrected chi connectivity index (χ3v) is 7.62. The number of ether oxygens (including phenoxy) is 2. The summed E-state index contributed by atoms with van der Waals surface area (Å²) in [6.07, 6.45) is 18.3. The molecule has 40 heavy (non-hydrogen) atoms. The van der Waals surface area contributed by atoms with Crippen LogP contribution in [0.25, 0.3) is 0 Å². The van der Waals surface area contributed by atoms with E-state index in [0.717, 1.165) is 42.6 Å². The molecule has 4 nitrogen and oxygen atoms in total. The van der Waals surface area contributed by atoms with E-state index in [0.29, 0.717) is 12.8 Å². The molecule has 0 saturated carbocycles. The van der Waals surface area contributed by atoms with E-state index in [1.807, 2.05) is 12.1 Å². The maximum absolute atomic E-state index is 12.6. The van der Waals surface area contributed by atoms with Gasteiger partial charge in [0, 0.05) is 18.4 Å². The van der Waals surface area contributed by atoms with Gasteiger partial charge in [0.15, 0.2) is 0 Å². The molecule has 2 rings (SSSR count). The fourth-order valence-corrected chi connectivity index (χ4v) is 5.31. The van der Waals surface area contributed by atoms with Gasteiger partial charge in [-0.1, -0.05) is 121 Å². The lowest BCUT2D eigenvalue weighted by Gasteiger charge is -2.30. The summed E-state index contributed by atoms with van der Waals surface area (Å²) < 4.78 is 12.8. The maximum Gasteiger partial charge on any atom is 0.309 e. The standard InChI is InChI=1S/C36H58NO3/c1-5-7-8-9-10-11-12-13-14-15-17-23-32-26-20-27-34(30-32)39-36(22-6-2)40-35(38)28-21-29-37(3,4)31-33-24-18-16-19-25-33/h16,18-20,24-27,30,36H,5-15,17,21-23,28-29,31H2,1-4H3/q+1. The molecule has 0 aliphatic carbocycles. The van der Waals surface area contributed by atoms with Gasteiger partial charge in [-0.05, 0) is 37.0 Å². The molecular weight excluding hydrogens is 494 g/mol. The minimum atomic E-state index is -0.526. The molecule has 0 fully saturated rings. The van der Waals surface area contributed by atoms with Gasteiger partial charge in [0.2, 0.25) is 6.29 Å². The predicted octanol–water partition coefficient (Wildman–Crippen LogP) is 9.65. The van der Waals surface area contributed by atoms with Crippen LogP contribution in [0.2, 0.25) is 0 Å². The number of aryl methyl sites for hydroxylation is 1. The zero-order valence-electron chi connectivity index (χ0n) is 26.2. The number of hydrogen-bond acceptors (Lipinski definition) is 3. The molecule has 2 aromatic rings. The van der Waals surface area contributed by atoms with E-state index in [2.05, 4.69) is 70.4 Å². The SMILES string of the molecule is CCCCCCCCCCCCCc1cccc(OC(CCC)OC(=O)CCC[N+](C)(C)Cc2ccccc2)c1. The molecule has 0 aliphatic heterocycles. The second kappa shape index (κ2) is 20.5. The van der Waals surface area contributed by atoms with Crippen LogP contribution in [-0.2, 0) is 22.5 Å². The van der Waals surface area contributed by atoms with Crippen LogP contribution in [0.5, 0.6) is 5.75 Å². The van der Waals surface area contributed by atoms with Crippen LogP contribution in [0.1, 0.15) is 121 Å². The van der Waals surface area contributed by atoms with Crippen molar-refractivity contribution in [2.45, 2.75) is 129 Å². The molecule has 0 aromatic heterocycles. The molecule has 0 saturated heterocycles. The fraction of sp³-hybridized carbons (Fsp3) is 0.639. The first kappa shape index (κ1) is 33.9. The lowest BCUT2D eigenvalue weighted by atomic mass is 10.0. The highest BCUT2D eigenvalue weighted by Crippen LogP contribution is 2.20. The van der Waals surface area contributed by atoms with Crippen LogP contribution in [0.4, 0.5) is 0 Å². The number of hydrogen-bond donors (Lipinski definition) is 0. The molecule has 1 unspecified atom stereocenters. The van der Waals surface area contributed by atoms with Gasteiger partial charge in [-0.15, -0.1) is 0 Å². The van der Waals surface area contributed by atoms with E-state index in [9.17, 15) is 4.79 Å². The average Bonchev–Trinajstić information content (AvgIpc) is 2.92. The number of nitrogens with zero attached hydrogens (tertiary/aromatic N) is 1. The zero-order valence-corrected chi connectivity index (χ0v) is 26.2. The Balaban J connectivity index is 1.66. The number of quaternary nitrogens is 1. The van der Waals surface area contributed by atoms with E-state index >= 15 is 0 Å². The molecule has 1 atom stereocenters. The predicted molar refractivity (Wildman–Crippen MR) is 168 cm³/mol. The highest BCUT2D eigenvalue weighted by molar-refractivity contribution is 5.69. The van der Waals surface area contributed by atoms with Crippen LogP contribution < -0.4 is 4.74 Å². The smallest absolute Gasteiger partial charge is 0.309 e. The summed E-state index contributed by atoms with van der Waals surface area (Å²) in [6.45, 7) is 6.24.